The second-order valence-electron chi connectivity index (χ2n) is 7.87. The van der Waals surface area contributed by atoms with Crippen LogP contribution in [0.25, 0.3) is 0 Å². The van der Waals surface area contributed by atoms with Crippen molar-refractivity contribution >= 4 is 5.96 Å². The molecular formula is C19H34N4O. The fraction of sp³-hybridized carbons (Fsp3) is 0.789. The Labute approximate surface area is 146 Å². The zero-order valence-electron chi connectivity index (χ0n) is 15.8. The van der Waals surface area contributed by atoms with Crippen LogP contribution < -0.4 is 10.6 Å². The standard InChI is InChI=1S/C19H34N4O/c1-19(2,3)16-13-22-17(24-16)14-23-18(20-4)21-12-8-11-15-9-6-5-7-10-15/h13,15H,5-12,14H2,1-4H3,(H2,20,21,23). The number of hydrogen-bond donors (Lipinski definition) is 2. The maximum Gasteiger partial charge on any atom is 0.213 e. The van der Waals surface area contributed by atoms with Crippen molar-refractivity contribution in [2.75, 3.05) is 13.6 Å². The number of aliphatic imine (C=N–C) groups is 1. The molecule has 0 radical (unpaired) electrons. The van der Waals surface area contributed by atoms with E-state index in [-0.39, 0.29) is 5.41 Å². The maximum absolute atomic E-state index is 5.79. The van der Waals surface area contributed by atoms with Crippen LogP contribution in [0.1, 0.15) is 77.4 Å². The lowest BCUT2D eigenvalue weighted by Crippen LogP contribution is -2.37. The number of nitrogens with one attached hydrogen (secondary N) is 2. The van der Waals surface area contributed by atoms with Gasteiger partial charge < -0.3 is 15.1 Å². The molecule has 1 fully saturated rings. The predicted molar refractivity (Wildman–Crippen MR) is 99.2 cm³/mol. The van der Waals surface area contributed by atoms with Gasteiger partial charge in [-0.05, 0) is 18.8 Å². The molecule has 0 aliphatic heterocycles. The van der Waals surface area contributed by atoms with Crippen molar-refractivity contribution in [1.29, 1.82) is 0 Å². The number of aromatic nitrogens is 1. The first-order chi connectivity index (χ1) is 11.5. The second kappa shape index (κ2) is 9.09. The number of rotatable bonds is 6. The van der Waals surface area contributed by atoms with E-state index < -0.39 is 0 Å². The Morgan fingerprint density at radius 1 is 1.25 bits per heavy atom. The third-order valence-corrected chi connectivity index (χ3v) is 4.73. The highest BCUT2D eigenvalue weighted by Gasteiger charge is 2.19. The quantitative estimate of drug-likeness (QED) is 0.469. The Morgan fingerprint density at radius 2 is 2.00 bits per heavy atom. The topological polar surface area (TPSA) is 62.5 Å². The van der Waals surface area contributed by atoms with Gasteiger partial charge in [-0.15, -0.1) is 0 Å². The van der Waals surface area contributed by atoms with E-state index in [1.807, 2.05) is 6.20 Å². The van der Waals surface area contributed by atoms with Crippen molar-refractivity contribution in [3.05, 3.63) is 17.8 Å². The van der Waals surface area contributed by atoms with Gasteiger partial charge in [-0.1, -0.05) is 52.9 Å². The Morgan fingerprint density at radius 3 is 2.62 bits per heavy atom. The molecule has 1 aliphatic rings. The van der Waals surface area contributed by atoms with E-state index in [0.29, 0.717) is 12.4 Å². The molecule has 1 saturated carbocycles. The van der Waals surface area contributed by atoms with E-state index in [1.54, 1.807) is 7.05 Å². The van der Waals surface area contributed by atoms with E-state index in [1.165, 1.54) is 44.9 Å². The van der Waals surface area contributed by atoms with Crippen LogP contribution in [0.5, 0.6) is 0 Å². The summed E-state index contributed by atoms with van der Waals surface area (Å²) in [5, 5.41) is 6.66. The number of hydrogen-bond acceptors (Lipinski definition) is 3. The van der Waals surface area contributed by atoms with Crippen LogP contribution in [-0.4, -0.2) is 24.5 Å². The highest BCUT2D eigenvalue weighted by Crippen LogP contribution is 2.27. The average molecular weight is 335 g/mol. The third-order valence-electron chi connectivity index (χ3n) is 4.73. The molecule has 0 unspecified atom stereocenters. The van der Waals surface area contributed by atoms with Crippen LogP contribution in [0.4, 0.5) is 0 Å². The van der Waals surface area contributed by atoms with Gasteiger partial charge in [-0.25, -0.2) is 4.98 Å². The Hall–Kier alpha value is -1.52. The van der Waals surface area contributed by atoms with Crippen LogP contribution in [-0.2, 0) is 12.0 Å². The largest absolute Gasteiger partial charge is 0.443 e. The van der Waals surface area contributed by atoms with Gasteiger partial charge in [0.25, 0.3) is 0 Å². The van der Waals surface area contributed by atoms with Gasteiger partial charge in [-0.2, -0.15) is 0 Å². The van der Waals surface area contributed by atoms with Gasteiger partial charge in [0.15, 0.2) is 5.96 Å². The van der Waals surface area contributed by atoms with Crippen molar-refractivity contribution in [2.24, 2.45) is 10.9 Å². The molecule has 0 bridgehead atoms. The summed E-state index contributed by atoms with van der Waals surface area (Å²) in [7, 11) is 1.80. The second-order valence-corrected chi connectivity index (χ2v) is 7.87. The average Bonchev–Trinajstić information content (AvgIpc) is 3.04. The van der Waals surface area contributed by atoms with E-state index >= 15 is 0 Å². The van der Waals surface area contributed by atoms with Gasteiger partial charge in [0.1, 0.15) is 5.76 Å². The van der Waals surface area contributed by atoms with Crippen LogP contribution in [0.15, 0.2) is 15.6 Å². The summed E-state index contributed by atoms with van der Waals surface area (Å²) in [5.41, 5.74) is -0.00963. The number of oxazole rings is 1. The fourth-order valence-electron chi connectivity index (χ4n) is 3.19. The normalized spacial score (nSPS) is 17.1. The van der Waals surface area contributed by atoms with Crippen molar-refractivity contribution in [2.45, 2.75) is 77.7 Å². The minimum atomic E-state index is -0.00963. The summed E-state index contributed by atoms with van der Waals surface area (Å²) in [5.74, 6) is 3.37. The van der Waals surface area contributed by atoms with Gasteiger partial charge in [0, 0.05) is 19.0 Å². The molecule has 0 saturated heterocycles. The fourth-order valence-corrected chi connectivity index (χ4v) is 3.19. The van der Waals surface area contributed by atoms with Gasteiger partial charge in [0.05, 0.1) is 12.7 Å². The van der Waals surface area contributed by atoms with Crippen molar-refractivity contribution < 1.29 is 4.42 Å². The number of nitrogens with zero attached hydrogens (tertiary/aromatic N) is 2. The van der Waals surface area contributed by atoms with Crippen LogP contribution in [0.3, 0.4) is 0 Å². The smallest absolute Gasteiger partial charge is 0.213 e. The summed E-state index contributed by atoms with van der Waals surface area (Å²) < 4.78 is 5.79. The molecule has 1 heterocycles. The van der Waals surface area contributed by atoms with Crippen molar-refractivity contribution in [1.82, 2.24) is 15.6 Å². The molecule has 5 heteroatoms. The SMILES string of the molecule is CN=C(NCCCC1CCCCC1)NCc1ncc(C(C)(C)C)o1. The monoisotopic (exact) mass is 334 g/mol. The molecule has 0 atom stereocenters. The summed E-state index contributed by atoms with van der Waals surface area (Å²) in [6.07, 6.45) is 11.5. The van der Waals surface area contributed by atoms with Gasteiger partial charge >= 0.3 is 0 Å². The van der Waals surface area contributed by atoms with E-state index in [0.717, 1.165) is 24.2 Å². The molecule has 1 aromatic rings. The molecule has 1 aromatic heterocycles. The molecule has 136 valence electrons. The lowest BCUT2D eigenvalue weighted by molar-refractivity contribution is 0.332. The molecule has 1 aliphatic carbocycles. The zero-order chi connectivity index (χ0) is 17.4. The first kappa shape index (κ1) is 18.8. The van der Waals surface area contributed by atoms with Gasteiger partial charge in [0.2, 0.25) is 5.89 Å². The lowest BCUT2D eigenvalue weighted by atomic mass is 9.86. The molecule has 0 spiro atoms. The summed E-state index contributed by atoms with van der Waals surface area (Å²) in [6.45, 7) is 7.89. The first-order valence-electron chi connectivity index (χ1n) is 9.38. The van der Waals surface area contributed by atoms with Crippen LogP contribution >= 0.6 is 0 Å². The molecule has 0 amide bonds. The Balaban J connectivity index is 1.66. The molecule has 24 heavy (non-hydrogen) atoms. The lowest BCUT2D eigenvalue weighted by Gasteiger charge is -2.21. The Kier molecular flexibility index (Phi) is 7.13. The maximum atomic E-state index is 5.79. The summed E-state index contributed by atoms with van der Waals surface area (Å²) >= 11 is 0. The summed E-state index contributed by atoms with van der Waals surface area (Å²) in [6, 6.07) is 0. The number of guanidine groups is 1. The van der Waals surface area contributed by atoms with E-state index in [2.05, 4.69) is 41.4 Å². The van der Waals surface area contributed by atoms with Gasteiger partial charge in [-0.3, -0.25) is 4.99 Å². The molecular weight excluding hydrogens is 300 g/mol. The van der Waals surface area contributed by atoms with Crippen LogP contribution in [0.2, 0.25) is 0 Å². The predicted octanol–water partition coefficient (Wildman–Crippen LogP) is 4.00. The van der Waals surface area contributed by atoms with Crippen molar-refractivity contribution in [3.63, 3.8) is 0 Å². The minimum Gasteiger partial charge on any atom is -0.443 e. The Bertz CT molecular complexity index is 510. The molecule has 2 N–H and O–H groups in total. The van der Waals surface area contributed by atoms with E-state index in [9.17, 15) is 0 Å². The molecule has 0 aromatic carbocycles. The molecule has 5 nitrogen and oxygen atoms in total. The molecule has 2 rings (SSSR count). The van der Waals surface area contributed by atoms with Crippen molar-refractivity contribution in [3.8, 4) is 0 Å². The summed E-state index contributed by atoms with van der Waals surface area (Å²) in [4.78, 5) is 8.60. The highest BCUT2D eigenvalue weighted by molar-refractivity contribution is 5.79. The van der Waals surface area contributed by atoms with E-state index in [4.69, 9.17) is 4.42 Å². The minimum absolute atomic E-state index is 0.00963. The highest BCUT2D eigenvalue weighted by atomic mass is 16.4. The zero-order valence-corrected chi connectivity index (χ0v) is 15.8. The third kappa shape index (κ3) is 6.17. The van der Waals surface area contributed by atoms with Crippen LogP contribution in [0, 0.1) is 5.92 Å². The first-order valence-corrected chi connectivity index (χ1v) is 9.38.